The van der Waals surface area contributed by atoms with Gasteiger partial charge in [0.05, 0.1) is 11.9 Å². The Morgan fingerprint density at radius 3 is 2.75 bits per heavy atom. The van der Waals surface area contributed by atoms with E-state index >= 15 is 0 Å². The summed E-state index contributed by atoms with van der Waals surface area (Å²) < 4.78 is 0. The summed E-state index contributed by atoms with van der Waals surface area (Å²) in [6.07, 6.45) is 3.12. The fraction of sp³-hybridized carbons (Fsp3) is 0.0909. The van der Waals surface area contributed by atoms with Gasteiger partial charge in [-0.25, -0.2) is 0 Å². The van der Waals surface area contributed by atoms with E-state index in [0.29, 0.717) is 5.69 Å². The van der Waals surface area contributed by atoms with Crippen molar-refractivity contribution >= 4 is 11.6 Å². The largest absolute Gasteiger partial charge is 0.322 e. The highest BCUT2D eigenvalue weighted by molar-refractivity contribution is 5.95. The Hall–Kier alpha value is -2.14. The van der Waals surface area contributed by atoms with Crippen molar-refractivity contribution in [3.63, 3.8) is 0 Å². The lowest BCUT2D eigenvalue weighted by Gasteiger charge is -2.10. The van der Waals surface area contributed by atoms with Crippen molar-refractivity contribution in [1.29, 1.82) is 0 Å². The molecular formula is C11H12N4O. The molecule has 16 heavy (non-hydrogen) atoms. The summed E-state index contributed by atoms with van der Waals surface area (Å²) in [6, 6.07) is 8.54. The molecule has 0 unspecified atom stereocenters. The van der Waals surface area contributed by atoms with Crippen LogP contribution in [-0.4, -0.2) is 16.1 Å². The molecule has 1 aromatic carbocycles. The number of benzene rings is 1. The quantitative estimate of drug-likeness (QED) is 0.717. The Balaban J connectivity index is 2.05. The normalized spacial score (nSPS) is 12.1. The van der Waals surface area contributed by atoms with Gasteiger partial charge in [0.15, 0.2) is 0 Å². The first-order valence-corrected chi connectivity index (χ1v) is 4.87. The predicted molar refractivity (Wildman–Crippen MR) is 60.6 cm³/mol. The van der Waals surface area contributed by atoms with Crippen LogP contribution in [0.3, 0.4) is 0 Å². The summed E-state index contributed by atoms with van der Waals surface area (Å²) in [5, 5.41) is 9.00. The van der Waals surface area contributed by atoms with E-state index in [4.69, 9.17) is 5.73 Å². The minimum absolute atomic E-state index is 0.257. The number of nitrogens with one attached hydrogen (secondary N) is 2. The molecule has 5 heteroatoms. The van der Waals surface area contributed by atoms with Gasteiger partial charge < -0.3 is 11.1 Å². The summed E-state index contributed by atoms with van der Waals surface area (Å²) >= 11 is 0. The number of aromatic nitrogens is 2. The molecule has 2 aromatic rings. The van der Waals surface area contributed by atoms with E-state index in [0.717, 1.165) is 5.56 Å². The Bertz CT molecular complexity index is 452. The number of nitrogens with zero attached hydrogens (tertiary/aromatic N) is 1. The number of hydrogen-bond acceptors (Lipinski definition) is 3. The Morgan fingerprint density at radius 2 is 2.12 bits per heavy atom. The summed E-state index contributed by atoms with van der Waals surface area (Å²) in [7, 11) is 0. The van der Waals surface area contributed by atoms with Crippen LogP contribution in [0.5, 0.6) is 0 Å². The molecule has 0 spiro atoms. The number of amides is 1. The molecule has 1 amide bonds. The van der Waals surface area contributed by atoms with Crippen molar-refractivity contribution in [2.45, 2.75) is 6.04 Å². The first-order chi connectivity index (χ1) is 7.77. The average Bonchev–Trinajstić information content (AvgIpc) is 2.82. The van der Waals surface area contributed by atoms with Gasteiger partial charge in [-0.3, -0.25) is 9.89 Å². The van der Waals surface area contributed by atoms with Gasteiger partial charge in [0.25, 0.3) is 0 Å². The number of H-pyrrole nitrogens is 1. The monoisotopic (exact) mass is 216 g/mol. The smallest absolute Gasteiger partial charge is 0.245 e. The van der Waals surface area contributed by atoms with Crippen molar-refractivity contribution < 1.29 is 4.79 Å². The first kappa shape index (κ1) is 10.4. The van der Waals surface area contributed by atoms with Gasteiger partial charge in [0.2, 0.25) is 5.91 Å². The second kappa shape index (κ2) is 4.59. The van der Waals surface area contributed by atoms with E-state index in [2.05, 4.69) is 15.5 Å². The van der Waals surface area contributed by atoms with E-state index in [1.165, 1.54) is 6.20 Å². The van der Waals surface area contributed by atoms with Crippen LogP contribution in [-0.2, 0) is 4.79 Å². The van der Waals surface area contributed by atoms with E-state index in [-0.39, 0.29) is 5.91 Å². The van der Waals surface area contributed by atoms with Crippen LogP contribution in [0.15, 0.2) is 42.7 Å². The van der Waals surface area contributed by atoms with Gasteiger partial charge in [0, 0.05) is 6.20 Å². The van der Waals surface area contributed by atoms with Crippen molar-refractivity contribution in [2.24, 2.45) is 5.73 Å². The van der Waals surface area contributed by atoms with Crippen LogP contribution in [0.25, 0.3) is 0 Å². The molecule has 0 fully saturated rings. The fourth-order valence-corrected chi connectivity index (χ4v) is 1.35. The topological polar surface area (TPSA) is 83.8 Å². The molecule has 82 valence electrons. The molecule has 0 saturated carbocycles. The highest BCUT2D eigenvalue weighted by atomic mass is 16.2. The summed E-state index contributed by atoms with van der Waals surface area (Å²) in [4.78, 5) is 11.7. The van der Waals surface area contributed by atoms with Gasteiger partial charge in [-0.05, 0) is 5.56 Å². The molecular weight excluding hydrogens is 204 g/mol. The number of carbonyl (C=O) groups excluding carboxylic acids is 1. The van der Waals surface area contributed by atoms with Crippen LogP contribution in [0.2, 0.25) is 0 Å². The third-order valence-electron chi connectivity index (χ3n) is 2.21. The highest BCUT2D eigenvalue weighted by Crippen LogP contribution is 2.12. The van der Waals surface area contributed by atoms with Crippen molar-refractivity contribution in [3.8, 4) is 0 Å². The maximum atomic E-state index is 11.7. The number of aromatic amines is 1. The van der Waals surface area contributed by atoms with E-state index in [9.17, 15) is 4.79 Å². The van der Waals surface area contributed by atoms with E-state index < -0.39 is 6.04 Å². The van der Waals surface area contributed by atoms with Gasteiger partial charge in [-0.2, -0.15) is 5.10 Å². The number of rotatable bonds is 3. The fourth-order valence-electron chi connectivity index (χ4n) is 1.35. The standard InChI is InChI=1S/C11H12N4O/c12-10(8-4-2-1-3-5-8)11(16)15-9-6-13-14-7-9/h1-7,10H,12H2,(H,13,14)(H,15,16)/t10-/m0/s1. The minimum atomic E-state index is -0.670. The van der Waals surface area contributed by atoms with Crippen LogP contribution in [0.1, 0.15) is 11.6 Å². The molecule has 0 aliphatic heterocycles. The molecule has 0 saturated heterocycles. The van der Waals surface area contributed by atoms with Gasteiger partial charge in [0.1, 0.15) is 6.04 Å². The lowest BCUT2D eigenvalue weighted by Crippen LogP contribution is -2.27. The maximum absolute atomic E-state index is 11.7. The predicted octanol–water partition coefficient (Wildman–Crippen LogP) is 1.05. The number of carbonyl (C=O) groups is 1. The molecule has 0 aliphatic rings. The first-order valence-electron chi connectivity index (χ1n) is 4.87. The zero-order valence-electron chi connectivity index (χ0n) is 8.55. The Labute approximate surface area is 92.7 Å². The zero-order chi connectivity index (χ0) is 11.4. The Morgan fingerprint density at radius 1 is 1.38 bits per heavy atom. The molecule has 4 N–H and O–H groups in total. The van der Waals surface area contributed by atoms with Crippen LogP contribution < -0.4 is 11.1 Å². The third kappa shape index (κ3) is 2.26. The van der Waals surface area contributed by atoms with E-state index in [1.807, 2.05) is 30.3 Å². The van der Waals surface area contributed by atoms with Crippen LogP contribution in [0.4, 0.5) is 5.69 Å². The molecule has 1 heterocycles. The van der Waals surface area contributed by atoms with Gasteiger partial charge in [-0.15, -0.1) is 0 Å². The average molecular weight is 216 g/mol. The van der Waals surface area contributed by atoms with Gasteiger partial charge >= 0.3 is 0 Å². The second-order valence-corrected chi connectivity index (χ2v) is 3.36. The molecule has 0 radical (unpaired) electrons. The molecule has 0 aliphatic carbocycles. The molecule has 1 aromatic heterocycles. The second-order valence-electron chi connectivity index (χ2n) is 3.36. The minimum Gasteiger partial charge on any atom is -0.322 e. The third-order valence-corrected chi connectivity index (χ3v) is 2.21. The molecule has 0 bridgehead atoms. The molecule has 2 rings (SSSR count). The molecule has 5 nitrogen and oxygen atoms in total. The highest BCUT2D eigenvalue weighted by Gasteiger charge is 2.15. The van der Waals surface area contributed by atoms with Crippen LogP contribution >= 0.6 is 0 Å². The van der Waals surface area contributed by atoms with Crippen molar-refractivity contribution in [3.05, 3.63) is 48.3 Å². The van der Waals surface area contributed by atoms with Gasteiger partial charge in [-0.1, -0.05) is 30.3 Å². The van der Waals surface area contributed by atoms with Crippen molar-refractivity contribution in [1.82, 2.24) is 10.2 Å². The zero-order valence-corrected chi connectivity index (χ0v) is 8.55. The number of nitrogens with two attached hydrogens (primary N) is 1. The number of hydrogen-bond donors (Lipinski definition) is 3. The summed E-state index contributed by atoms with van der Waals surface area (Å²) in [6.45, 7) is 0. The summed E-state index contributed by atoms with van der Waals surface area (Å²) in [5.74, 6) is -0.257. The number of anilines is 1. The lowest BCUT2D eigenvalue weighted by molar-refractivity contribution is -0.117. The van der Waals surface area contributed by atoms with Crippen molar-refractivity contribution in [2.75, 3.05) is 5.32 Å². The maximum Gasteiger partial charge on any atom is 0.245 e. The lowest BCUT2D eigenvalue weighted by atomic mass is 10.1. The molecule has 1 atom stereocenters. The van der Waals surface area contributed by atoms with Crippen LogP contribution in [0, 0.1) is 0 Å². The Kier molecular flexibility index (Phi) is 2.98. The SMILES string of the molecule is N[C@H](C(=O)Nc1cn[nH]c1)c1ccccc1. The summed E-state index contributed by atoms with van der Waals surface area (Å²) in [5.41, 5.74) is 7.20. The van der Waals surface area contributed by atoms with E-state index in [1.54, 1.807) is 6.20 Å².